The van der Waals surface area contributed by atoms with Crippen LogP contribution in [0, 0.1) is 12.7 Å². The van der Waals surface area contributed by atoms with Gasteiger partial charge in [-0.3, -0.25) is 4.72 Å². The minimum Gasteiger partial charge on any atom is -0.396 e. The Morgan fingerprint density at radius 3 is 2.75 bits per heavy atom. The molecule has 1 heterocycles. The molecule has 2 N–H and O–H groups in total. The molecule has 1 aromatic carbocycles. The first-order chi connectivity index (χ1) is 9.44. The van der Waals surface area contributed by atoms with Gasteiger partial charge in [0.15, 0.2) is 0 Å². The Balaban J connectivity index is 2.28. The van der Waals surface area contributed by atoms with E-state index >= 15 is 0 Å². The van der Waals surface area contributed by atoms with Gasteiger partial charge in [-0.15, -0.1) is 11.3 Å². The molecule has 0 aliphatic heterocycles. The number of nitrogens with one attached hydrogen (secondary N) is 1. The van der Waals surface area contributed by atoms with E-state index in [0.717, 1.165) is 16.2 Å². The highest BCUT2D eigenvalue weighted by atomic mass is 32.2. The number of hydrogen-bond donors (Lipinski definition) is 2. The number of benzene rings is 1. The number of aliphatic hydroxyl groups excluding tert-OH is 1. The van der Waals surface area contributed by atoms with Gasteiger partial charge in [0.25, 0.3) is 10.0 Å². The molecule has 0 aliphatic rings. The quantitative estimate of drug-likeness (QED) is 0.891. The molecule has 2 aromatic rings. The fourth-order valence-electron chi connectivity index (χ4n) is 1.66. The lowest BCUT2D eigenvalue weighted by molar-refractivity contribution is 0.300. The molecule has 4 nitrogen and oxygen atoms in total. The molecule has 108 valence electrons. The van der Waals surface area contributed by atoms with Crippen molar-refractivity contribution in [2.75, 3.05) is 11.3 Å². The van der Waals surface area contributed by atoms with Crippen LogP contribution in [0.3, 0.4) is 0 Å². The van der Waals surface area contributed by atoms with E-state index in [2.05, 4.69) is 4.72 Å². The summed E-state index contributed by atoms with van der Waals surface area (Å²) in [6, 6.07) is 7.38. The van der Waals surface area contributed by atoms with Gasteiger partial charge in [0, 0.05) is 23.5 Å². The third-order valence-electron chi connectivity index (χ3n) is 2.77. The van der Waals surface area contributed by atoms with Crippen molar-refractivity contribution in [2.45, 2.75) is 17.6 Å². The number of aliphatic hydroxyl groups is 1. The molecule has 20 heavy (non-hydrogen) atoms. The Morgan fingerprint density at radius 1 is 1.30 bits per heavy atom. The lowest BCUT2D eigenvalue weighted by Gasteiger charge is -2.09. The molecule has 2 rings (SSSR count). The maximum absolute atomic E-state index is 13.4. The predicted molar refractivity (Wildman–Crippen MR) is 77.1 cm³/mol. The summed E-state index contributed by atoms with van der Waals surface area (Å²) >= 11 is 1.09. The molecule has 0 amide bonds. The molecule has 0 atom stereocenters. The van der Waals surface area contributed by atoms with Crippen LogP contribution in [0.25, 0.3) is 0 Å². The van der Waals surface area contributed by atoms with Crippen LogP contribution in [0.5, 0.6) is 0 Å². The number of anilines is 1. The summed E-state index contributed by atoms with van der Waals surface area (Å²) < 4.78 is 40.3. The van der Waals surface area contributed by atoms with E-state index in [4.69, 9.17) is 5.11 Å². The number of halogens is 1. The van der Waals surface area contributed by atoms with Gasteiger partial charge in [-0.1, -0.05) is 6.07 Å². The lowest BCUT2D eigenvalue weighted by atomic mass is 10.2. The van der Waals surface area contributed by atoms with Crippen molar-refractivity contribution >= 4 is 27.0 Å². The topological polar surface area (TPSA) is 66.4 Å². The molecule has 0 radical (unpaired) electrons. The molecule has 0 aliphatic carbocycles. The second-order valence-electron chi connectivity index (χ2n) is 4.21. The third kappa shape index (κ3) is 3.17. The molecule has 0 spiro atoms. The summed E-state index contributed by atoms with van der Waals surface area (Å²) in [4.78, 5) is 0.781. The second kappa shape index (κ2) is 5.90. The number of sulfonamides is 1. The van der Waals surface area contributed by atoms with E-state index in [1.165, 1.54) is 31.2 Å². The molecular weight excluding hydrogens is 301 g/mol. The summed E-state index contributed by atoms with van der Waals surface area (Å²) in [5.74, 6) is -0.461. The monoisotopic (exact) mass is 315 g/mol. The summed E-state index contributed by atoms with van der Waals surface area (Å²) in [5.41, 5.74) is 0.477. The Bertz CT molecular complexity index is 710. The molecule has 1 aromatic heterocycles. The first-order valence-corrected chi connectivity index (χ1v) is 8.21. The van der Waals surface area contributed by atoms with E-state index in [1.54, 1.807) is 6.07 Å². The molecule has 0 saturated carbocycles. The highest BCUT2D eigenvalue weighted by molar-refractivity contribution is 7.94. The molecule has 0 unspecified atom stereocenters. The molecular formula is C13H14FNO3S2. The van der Waals surface area contributed by atoms with Crippen molar-refractivity contribution in [1.82, 2.24) is 0 Å². The predicted octanol–water partition coefficient (Wildman–Crippen LogP) is 2.53. The lowest BCUT2D eigenvalue weighted by Crippen LogP contribution is -2.12. The van der Waals surface area contributed by atoms with Crippen LogP contribution >= 0.6 is 11.3 Å². The highest BCUT2D eigenvalue weighted by Gasteiger charge is 2.18. The fraction of sp³-hybridized carbons (Fsp3) is 0.231. The Labute approximate surface area is 120 Å². The first-order valence-electron chi connectivity index (χ1n) is 5.91. The van der Waals surface area contributed by atoms with Gasteiger partial charge < -0.3 is 5.11 Å². The molecule has 0 bridgehead atoms. The van der Waals surface area contributed by atoms with Gasteiger partial charge in [0.1, 0.15) is 10.0 Å². The van der Waals surface area contributed by atoms with E-state index in [9.17, 15) is 12.8 Å². The Morgan fingerprint density at radius 2 is 2.05 bits per heavy atom. The minimum absolute atomic E-state index is 0.0313. The van der Waals surface area contributed by atoms with Crippen LogP contribution in [0.4, 0.5) is 10.1 Å². The Hall–Kier alpha value is -1.44. The van der Waals surface area contributed by atoms with Gasteiger partial charge in [-0.2, -0.15) is 0 Å². The second-order valence-corrected chi connectivity index (χ2v) is 7.29. The highest BCUT2D eigenvalue weighted by Crippen LogP contribution is 2.26. The van der Waals surface area contributed by atoms with Crippen molar-refractivity contribution in [3.8, 4) is 0 Å². The first kappa shape index (κ1) is 15.0. The summed E-state index contributed by atoms with van der Waals surface area (Å²) in [6.45, 7) is 1.48. The summed E-state index contributed by atoms with van der Waals surface area (Å²) in [5, 5.41) is 8.83. The maximum atomic E-state index is 13.4. The average molecular weight is 315 g/mol. The van der Waals surface area contributed by atoms with Crippen molar-refractivity contribution in [1.29, 1.82) is 0 Å². The van der Waals surface area contributed by atoms with Gasteiger partial charge >= 0.3 is 0 Å². The fourth-order valence-corrected chi connectivity index (χ4v) is 4.13. The SMILES string of the molecule is Cc1c(F)cccc1NS(=O)(=O)c1ccc(CCO)s1. The standard InChI is InChI=1S/C13H14FNO3S2/c1-9-11(14)3-2-4-12(9)15-20(17,18)13-6-5-10(19-13)7-8-16/h2-6,15-16H,7-8H2,1H3. The normalized spacial score (nSPS) is 11.6. The van der Waals surface area contributed by atoms with Crippen molar-refractivity contribution in [2.24, 2.45) is 0 Å². The van der Waals surface area contributed by atoms with E-state index in [1.807, 2.05) is 0 Å². The summed E-state index contributed by atoms with van der Waals surface area (Å²) in [7, 11) is -3.73. The van der Waals surface area contributed by atoms with Crippen LogP contribution in [0.15, 0.2) is 34.5 Å². The zero-order chi connectivity index (χ0) is 14.8. The van der Waals surface area contributed by atoms with Crippen LogP contribution in [0.2, 0.25) is 0 Å². The smallest absolute Gasteiger partial charge is 0.271 e. The molecule has 0 saturated heterocycles. The van der Waals surface area contributed by atoms with Crippen LogP contribution < -0.4 is 4.72 Å². The zero-order valence-corrected chi connectivity index (χ0v) is 12.4. The molecule has 7 heteroatoms. The van der Waals surface area contributed by atoms with Gasteiger partial charge in [-0.05, 0) is 31.2 Å². The van der Waals surface area contributed by atoms with E-state index in [0.29, 0.717) is 6.42 Å². The van der Waals surface area contributed by atoms with Gasteiger partial charge in [0.2, 0.25) is 0 Å². The number of thiophene rings is 1. The van der Waals surface area contributed by atoms with Gasteiger partial charge in [-0.25, -0.2) is 12.8 Å². The van der Waals surface area contributed by atoms with E-state index in [-0.39, 0.29) is 22.1 Å². The van der Waals surface area contributed by atoms with Crippen LogP contribution in [-0.4, -0.2) is 20.1 Å². The molecule has 0 fully saturated rings. The van der Waals surface area contributed by atoms with Crippen molar-refractivity contribution in [3.63, 3.8) is 0 Å². The number of hydrogen-bond acceptors (Lipinski definition) is 4. The third-order valence-corrected chi connectivity index (χ3v) is 5.77. The zero-order valence-electron chi connectivity index (χ0n) is 10.8. The van der Waals surface area contributed by atoms with Crippen LogP contribution in [-0.2, 0) is 16.4 Å². The minimum atomic E-state index is -3.73. The van der Waals surface area contributed by atoms with Crippen molar-refractivity contribution < 1.29 is 17.9 Å². The van der Waals surface area contributed by atoms with Crippen LogP contribution in [0.1, 0.15) is 10.4 Å². The van der Waals surface area contributed by atoms with E-state index < -0.39 is 15.8 Å². The van der Waals surface area contributed by atoms with Crippen molar-refractivity contribution in [3.05, 3.63) is 46.6 Å². The largest absolute Gasteiger partial charge is 0.396 e. The average Bonchev–Trinajstić information content (AvgIpc) is 2.85. The number of rotatable bonds is 5. The summed E-state index contributed by atoms with van der Waals surface area (Å²) in [6.07, 6.45) is 0.416. The maximum Gasteiger partial charge on any atom is 0.271 e. The van der Waals surface area contributed by atoms with Gasteiger partial charge in [0.05, 0.1) is 5.69 Å². The Kier molecular flexibility index (Phi) is 4.42.